The first-order valence-corrected chi connectivity index (χ1v) is 11.7. The third kappa shape index (κ3) is 2.61. The molecule has 0 spiro atoms. The van der Waals surface area contributed by atoms with Crippen molar-refractivity contribution in [2.75, 3.05) is 20.7 Å². The van der Waals surface area contributed by atoms with E-state index < -0.39 is 5.60 Å². The average molecular weight is 431 g/mol. The minimum atomic E-state index is -0.788. The zero-order chi connectivity index (χ0) is 22.1. The fourth-order valence-electron chi connectivity index (χ4n) is 6.83. The van der Waals surface area contributed by atoms with Crippen molar-refractivity contribution in [3.8, 4) is 5.75 Å². The highest BCUT2D eigenvalue weighted by Gasteiger charge is 2.65. The van der Waals surface area contributed by atoms with Gasteiger partial charge in [0.05, 0.1) is 18.4 Å². The number of hydrogen-bond donors (Lipinski definition) is 2. The Balaban J connectivity index is 1.50. The minimum Gasteiger partial charge on any atom is -0.497 e. The molecule has 2 bridgehead atoms. The summed E-state index contributed by atoms with van der Waals surface area (Å²) < 4.78 is 7.86. The molecule has 166 valence electrons. The van der Waals surface area contributed by atoms with Crippen LogP contribution in [-0.2, 0) is 31.2 Å². The number of likely N-dealkylation sites (N-methyl/N-ethyl adjacent to an activating group) is 1. The van der Waals surface area contributed by atoms with Crippen LogP contribution in [0.15, 0.2) is 48.5 Å². The number of H-pyrrole nitrogens is 1. The van der Waals surface area contributed by atoms with Crippen molar-refractivity contribution in [2.24, 2.45) is 0 Å². The Morgan fingerprint density at radius 1 is 1.19 bits per heavy atom. The molecule has 1 saturated heterocycles. The van der Waals surface area contributed by atoms with Crippen molar-refractivity contribution >= 4 is 0 Å². The van der Waals surface area contributed by atoms with E-state index in [9.17, 15) is 5.11 Å². The number of fused-ring (bicyclic) bond motifs is 2. The number of rotatable bonds is 3. The molecule has 2 aliphatic carbocycles. The highest BCUT2D eigenvalue weighted by atomic mass is 16.5. The molecule has 0 unspecified atom stereocenters. The maximum atomic E-state index is 12.5. The number of nitrogens with zero attached hydrogens (tertiary/aromatic N) is 2. The second-order valence-corrected chi connectivity index (χ2v) is 10.1. The molecule has 5 nitrogen and oxygen atoms in total. The van der Waals surface area contributed by atoms with Gasteiger partial charge in [0.2, 0.25) is 5.69 Å². The molecule has 3 aliphatic rings. The second-order valence-electron chi connectivity index (χ2n) is 10.1. The Kier molecular flexibility index (Phi) is 4.33. The van der Waals surface area contributed by atoms with E-state index in [0.717, 1.165) is 38.1 Å². The first-order valence-electron chi connectivity index (χ1n) is 11.7. The third-order valence-corrected chi connectivity index (χ3v) is 8.63. The zero-order valence-corrected chi connectivity index (χ0v) is 19.2. The van der Waals surface area contributed by atoms with Crippen molar-refractivity contribution in [1.82, 2.24) is 10.00 Å². The first-order chi connectivity index (χ1) is 15.4. The van der Waals surface area contributed by atoms with Gasteiger partial charge in [-0.15, -0.1) is 4.68 Å². The van der Waals surface area contributed by atoms with Gasteiger partial charge < -0.3 is 14.7 Å². The molecule has 2 N–H and O–H groups in total. The Labute approximate surface area is 189 Å². The summed E-state index contributed by atoms with van der Waals surface area (Å²) >= 11 is 0. The lowest BCUT2D eigenvalue weighted by atomic mass is 9.49. The second kappa shape index (κ2) is 6.93. The third-order valence-electron chi connectivity index (χ3n) is 8.63. The molecule has 0 amide bonds. The van der Waals surface area contributed by atoms with Crippen molar-refractivity contribution < 1.29 is 14.5 Å². The monoisotopic (exact) mass is 430 g/mol. The Bertz CT molecular complexity index is 1190. The highest BCUT2D eigenvalue weighted by molar-refractivity contribution is 5.51. The van der Waals surface area contributed by atoms with E-state index in [1.54, 1.807) is 7.11 Å². The molecule has 3 aromatic rings. The van der Waals surface area contributed by atoms with Crippen LogP contribution < -0.4 is 9.42 Å². The quantitative estimate of drug-likeness (QED) is 0.629. The van der Waals surface area contributed by atoms with Crippen LogP contribution >= 0.6 is 0 Å². The molecule has 1 aliphatic heterocycles. The summed E-state index contributed by atoms with van der Waals surface area (Å²) in [6.45, 7) is 4.01. The molecular weight excluding hydrogens is 398 g/mol. The van der Waals surface area contributed by atoms with Crippen LogP contribution in [0.3, 0.4) is 0 Å². The van der Waals surface area contributed by atoms with E-state index in [2.05, 4.69) is 77.2 Å². The number of ether oxygens (including phenoxy) is 1. The first kappa shape index (κ1) is 20.0. The Hall–Kier alpha value is -2.63. The van der Waals surface area contributed by atoms with Crippen LogP contribution in [0.4, 0.5) is 0 Å². The molecule has 5 heteroatoms. The number of aromatic amines is 1. The van der Waals surface area contributed by atoms with Gasteiger partial charge in [0, 0.05) is 42.3 Å². The van der Waals surface area contributed by atoms with Crippen molar-refractivity contribution in [3.05, 3.63) is 82.2 Å². The van der Waals surface area contributed by atoms with Gasteiger partial charge in [-0.2, -0.15) is 5.10 Å². The fourth-order valence-corrected chi connectivity index (χ4v) is 6.83. The average Bonchev–Trinajstić information content (AvgIpc) is 3.08. The largest absolute Gasteiger partial charge is 0.497 e. The van der Waals surface area contributed by atoms with Crippen LogP contribution in [0.1, 0.15) is 40.1 Å². The van der Waals surface area contributed by atoms with Crippen molar-refractivity contribution in [1.29, 1.82) is 0 Å². The Morgan fingerprint density at radius 2 is 2.00 bits per heavy atom. The number of hydrogen-bond acceptors (Lipinski definition) is 3. The number of benzene rings is 2. The van der Waals surface area contributed by atoms with Crippen molar-refractivity contribution in [2.45, 2.75) is 56.2 Å². The Morgan fingerprint density at radius 3 is 2.78 bits per heavy atom. The van der Waals surface area contributed by atoms with E-state index in [4.69, 9.17) is 4.74 Å². The lowest BCUT2D eigenvalue weighted by molar-refractivity contribution is -0.748. The molecule has 2 heterocycles. The van der Waals surface area contributed by atoms with Gasteiger partial charge in [-0.1, -0.05) is 36.4 Å². The topological polar surface area (TPSA) is 52.4 Å². The van der Waals surface area contributed by atoms with E-state index in [-0.39, 0.29) is 11.5 Å². The summed E-state index contributed by atoms with van der Waals surface area (Å²) in [4.78, 5) is 2.39. The predicted octanol–water partition coefficient (Wildman–Crippen LogP) is 2.70. The predicted molar refractivity (Wildman–Crippen MR) is 123 cm³/mol. The highest BCUT2D eigenvalue weighted by Crippen LogP contribution is 2.57. The maximum Gasteiger partial charge on any atom is 0.208 e. The molecule has 6 rings (SSSR count). The maximum absolute atomic E-state index is 12.5. The van der Waals surface area contributed by atoms with Gasteiger partial charge in [0.1, 0.15) is 5.75 Å². The summed E-state index contributed by atoms with van der Waals surface area (Å²) in [7, 11) is 3.90. The van der Waals surface area contributed by atoms with Crippen LogP contribution in [0.5, 0.6) is 5.75 Å². The summed E-state index contributed by atoms with van der Waals surface area (Å²) in [6, 6.07) is 17.2. The summed E-state index contributed by atoms with van der Waals surface area (Å²) in [6.07, 6.45) is 3.37. The van der Waals surface area contributed by atoms with E-state index in [1.165, 1.54) is 33.6 Å². The number of aliphatic hydroxyl groups is 1. The smallest absolute Gasteiger partial charge is 0.208 e. The summed E-state index contributed by atoms with van der Waals surface area (Å²) in [5, 5.41) is 16.2. The van der Waals surface area contributed by atoms with E-state index in [1.807, 2.05) is 0 Å². The molecule has 32 heavy (non-hydrogen) atoms. The van der Waals surface area contributed by atoms with Crippen LogP contribution in [0, 0.1) is 6.92 Å². The van der Waals surface area contributed by atoms with Crippen LogP contribution in [-0.4, -0.2) is 47.5 Å². The lowest BCUT2D eigenvalue weighted by Gasteiger charge is -2.62. The molecule has 3 atom stereocenters. The van der Waals surface area contributed by atoms with Gasteiger partial charge in [-0.25, -0.2) is 0 Å². The summed E-state index contributed by atoms with van der Waals surface area (Å²) in [5.74, 6) is 0.880. The number of likely N-dealkylation sites (tertiary alicyclic amines) is 1. The summed E-state index contributed by atoms with van der Waals surface area (Å²) in [5.41, 5.74) is 6.66. The standard InChI is InChI=1S/C27H31N3O2/c1-18-22-15-27(31)25-13-20-9-10-21(32-3)14-23(20)26(27,11-12-29(25)2)16-24(22)28-30(18)17-19-7-5-4-6-8-19/h4-10,14,25,31H,11-13,15-17H2,1-3H3/p+1/t25-,26-,27-/m1/s1. The number of nitrogens with one attached hydrogen (secondary N) is 1. The van der Waals surface area contributed by atoms with E-state index >= 15 is 0 Å². The van der Waals surface area contributed by atoms with Gasteiger partial charge in [-0.05, 0) is 49.7 Å². The van der Waals surface area contributed by atoms with Gasteiger partial charge in [0.15, 0.2) is 6.54 Å². The zero-order valence-electron chi connectivity index (χ0n) is 19.2. The lowest BCUT2D eigenvalue weighted by Crippen LogP contribution is -2.73. The van der Waals surface area contributed by atoms with Crippen molar-refractivity contribution in [3.63, 3.8) is 0 Å². The SMILES string of the molecule is COc1ccc2c(c1)[C@]13CCN(C)[C@H](C2)[C@]1(O)Cc1c([nH][n+](Cc2ccccc2)c1C)C3. The molecule has 1 fully saturated rings. The molecular formula is C27H32N3O2+. The molecule has 2 aromatic carbocycles. The van der Waals surface area contributed by atoms with Gasteiger partial charge in [-0.3, -0.25) is 0 Å². The van der Waals surface area contributed by atoms with E-state index in [0.29, 0.717) is 6.42 Å². The number of piperidine rings is 1. The molecule has 1 aromatic heterocycles. The fraction of sp³-hybridized carbons (Fsp3) is 0.444. The number of methoxy groups -OCH3 is 1. The van der Waals surface area contributed by atoms with Crippen LogP contribution in [0.25, 0.3) is 0 Å². The minimum absolute atomic E-state index is 0.127. The van der Waals surface area contributed by atoms with Crippen LogP contribution in [0.2, 0.25) is 0 Å². The molecule has 0 radical (unpaired) electrons. The number of aromatic nitrogens is 2. The van der Waals surface area contributed by atoms with Gasteiger partial charge in [0.25, 0.3) is 0 Å². The molecule has 0 saturated carbocycles. The normalized spacial score (nSPS) is 28.6. The van der Waals surface area contributed by atoms with Gasteiger partial charge >= 0.3 is 0 Å².